The monoisotopic (exact) mass is 297 g/mol. The van der Waals surface area contributed by atoms with Crippen LogP contribution in [0.15, 0.2) is 29.0 Å². The van der Waals surface area contributed by atoms with E-state index in [9.17, 15) is 9.18 Å². The van der Waals surface area contributed by atoms with E-state index in [0.717, 1.165) is 0 Å². The molecule has 0 aliphatic carbocycles. The van der Waals surface area contributed by atoms with Crippen molar-refractivity contribution < 1.29 is 9.18 Å². The van der Waals surface area contributed by atoms with Gasteiger partial charge in [0, 0.05) is 11.9 Å². The van der Waals surface area contributed by atoms with Crippen LogP contribution in [0.2, 0.25) is 0 Å². The molecule has 0 bridgehead atoms. The van der Waals surface area contributed by atoms with E-state index in [1.54, 1.807) is 6.92 Å². The maximum atomic E-state index is 13.2. The maximum absolute atomic E-state index is 13.2. The number of halogens is 2. The summed E-state index contributed by atoms with van der Waals surface area (Å²) in [6, 6.07) is 2.89. The quantitative estimate of drug-likeness (QED) is 0.895. The molecule has 88 valence electrons. The summed E-state index contributed by atoms with van der Waals surface area (Å²) >= 11 is 3.07. The highest BCUT2D eigenvalue weighted by molar-refractivity contribution is 9.10. The normalized spacial score (nSPS) is 10.3. The molecule has 0 aliphatic rings. The summed E-state index contributed by atoms with van der Waals surface area (Å²) < 4.78 is 13.5. The molecule has 0 fully saturated rings. The largest absolute Gasteiger partial charge is 0.322 e. The molecule has 1 aromatic carbocycles. The summed E-state index contributed by atoms with van der Waals surface area (Å²) in [6.45, 7) is 1.72. The first kappa shape index (κ1) is 11.8. The number of nitrogens with one attached hydrogen (secondary N) is 2. The molecule has 1 amide bonds. The second-order valence-corrected chi connectivity index (χ2v) is 4.38. The number of hydrogen-bond donors (Lipinski definition) is 2. The van der Waals surface area contributed by atoms with E-state index in [-0.39, 0.29) is 11.7 Å². The number of aryl methyl sites for hydroxylation is 1. The third kappa shape index (κ3) is 2.52. The number of nitrogens with zero attached hydrogens (tertiary/aromatic N) is 1. The van der Waals surface area contributed by atoms with Crippen molar-refractivity contribution in [3.8, 4) is 0 Å². The van der Waals surface area contributed by atoms with E-state index in [0.29, 0.717) is 21.3 Å². The van der Waals surface area contributed by atoms with Crippen molar-refractivity contribution in [3.63, 3.8) is 0 Å². The minimum atomic E-state index is -0.358. The number of anilines is 1. The number of hydrogen-bond acceptors (Lipinski definition) is 2. The molecule has 0 spiro atoms. The predicted octanol–water partition coefficient (Wildman–Crippen LogP) is 2.87. The smallest absolute Gasteiger partial charge is 0.258 e. The van der Waals surface area contributed by atoms with Crippen molar-refractivity contribution in [1.29, 1.82) is 0 Å². The number of benzene rings is 1. The summed E-state index contributed by atoms with van der Waals surface area (Å²) in [6.07, 6.45) is 2.91. The third-order valence-electron chi connectivity index (χ3n) is 2.28. The lowest BCUT2D eigenvalue weighted by molar-refractivity contribution is 0.102. The van der Waals surface area contributed by atoms with Crippen LogP contribution in [0.1, 0.15) is 15.9 Å². The van der Waals surface area contributed by atoms with E-state index >= 15 is 0 Å². The Morgan fingerprint density at radius 1 is 1.53 bits per heavy atom. The van der Waals surface area contributed by atoms with Gasteiger partial charge in [0.2, 0.25) is 0 Å². The average Bonchev–Trinajstić information content (AvgIpc) is 2.79. The summed E-state index contributed by atoms with van der Waals surface area (Å²) in [4.78, 5) is 11.7. The fraction of sp³-hybridized carbons (Fsp3) is 0.0909. The second kappa shape index (κ2) is 4.67. The van der Waals surface area contributed by atoms with E-state index in [1.807, 2.05) is 0 Å². The van der Waals surface area contributed by atoms with Crippen LogP contribution in [-0.4, -0.2) is 16.1 Å². The van der Waals surface area contributed by atoms with Crippen LogP contribution in [0.25, 0.3) is 0 Å². The van der Waals surface area contributed by atoms with Crippen LogP contribution < -0.4 is 5.32 Å². The molecule has 4 nitrogen and oxygen atoms in total. The highest BCUT2D eigenvalue weighted by Crippen LogP contribution is 2.24. The zero-order chi connectivity index (χ0) is 12.4. The Kier molecular flexibility index (Phi) is 3.23. The van der Waals surface area contributed by atoms with Gasteiger partial charge in [-0.15, -0.1) is 0 Å². The summed E-state index contributed by atoms with van der Waals surface area (Å²) in [5.74, 6) is -0.649. The van der Waals surface area contributed by atoms with E-state index in [2.05, 4.69) is 31.4 Å². The van der Waals surface area contributed by atoms with Crippen LogP contribution in [0.5, 0.6) is 0 Å². The zero-order valence-electron chi connectivity index (χ0n) is 8.92. The molecule has 1 aromatic heterocycles. The molecule has 0 atom stereocenters. The van der Waals surface area contributed by atoms with Crippen LogP contribution in [-0.2, 0) is 0 Å². The number of amides is 1. The number of rotatable bonds is 2. The Hall–Kier alpha value is -1.69. The number of aromatic amines is 1. The molecule has 2 N–H and O–H groups in total. The Morgan fingerprint density at radius 2 is 2.29 bits per heavy atom. The Balaban J connectivity index is 2.25. The highest BCUT2D eigenvalue weighted by atomic mass is 79.9. The summed E-state index contributed by atoms with van der Waals surface area (Å²) in [5, 5.41) is 8.92. The molecule has 0 saturated carbocycles. The van der Waals surface area contributed by atoms with Gasteiger partial charge in [0.1, 0.15) is 5.82 Å². The summed E-state index contributed by atoms with van der Waals surface area (Å²) in [5.41, 5.74) is 1.64. The molecule has 2 rings (SSSR count). The molecular formula is C11H9BrFN3O. The topological polar surface area (TPSA) is 57.8 Å². The predicted molar refractivity (Wildman–Crippen MR) is 65.4 cm³/mol. The summed E-state index contributed by atoms with van der Waals surface area (Å²) in [7, 11) is 0. The van der Waals surface area contributed by atoms with Crippen molar-refractivity contribution in [2.75, 3.05) is 5.32 Å². The van der Waals surface area contributed by atoms with Gasteiger partial charge in [-0.25, -0.2) is 4.39 Å². The Morgan fingerprint density at radius 3 is 2.94 bits per heavy atom. The van der Waals surface area contributed by atoms with E-state index in [4.69, 9.17) is 0 Å². The first-order chi connectivity index (χ1) is 8.08. The molecule has 0 radical (unpaired) electrons. The Labute approximate surface area is 105 Å². The van der Waals surface area contributed by atoms with Gasteiger partial charge in [-0.2, -0.15) is 5.10 Å². The molecule has 0 saturated heterocycles. The van der Waals surface area contributed by atoms with Crippen molar-refractivity contribution >= 4 is 27.5 Å². The second-order valence-electron chi connectivity index (χ2n) is 3.52. The lowest BCUT2D eigenvalue weighted by Gasteiger charge is -2.08. The molecule has 0 unspecified atom stereocenters. The Bertz CT molecular complexity index is 554. The number of H-pyrrole nitrogens is 1. The van der Waals surface area contributed by atoms with Gasteiger partial charge in [0.05, 0.1) is 16.2 Å². The van der Waals surface area contributed by atoms with Crippen LogP contribution in [0.4, 0.5) is 10.1 Å². The van der Waals surface area contributed by atoms with Gasteiger partial charge >= 0.3 is 0 Å². The average molecular weight is 298 g/mol. The number of aromatic nitrogens is 2. The number of carbonyl (C=O) groups is 1. The van der Waals surface area contributed by atoms with Gasteiger partial charge in [-0.1, -0.05) is 0 Å². The van der Waals surface area contributed by atoms with Gasteiger partial charge < -0.3 is 5.32 Å². The molecular weight excluding hydrogens is 289 g/mol. The maximum Gasteiger partial charge on any atom is 0.258 e. The van der Waals surface area contributed by atoms with Crippen LogP contribution >= 0.6 is 15.9 Å². The first-order valence-corrected chi connectivity index (χ1v) is 5.63. The van der Waals surface area contributed by atoms with Crippen LogP contribution in [0, 0.1) is 12.7 Å². The van der Waals surface area contributed by atoms with Crippen molar-refractivity contribution in [2.45, 2.75) is 6.92 Å². The highest BCUT2D eigenvalue weighted by Gasteiger charge is 2.10. The fourth-order valence-corrected chi connectivity index (χ4v) is 1.69. The number of carbonyl (C=O) groups excluding carboxylic acids is 1. The van der Waals surface area contributed by atoms with Gasteiger partial charge in [0.15, 0.2) is 0 Å². The third-order valence-corrected chi connectivity index (χ3v) is 2.88. The fourth-order valence-electron chi connectivity index (χ4n) is 1.35. The molecule has 2 aromatic rings. The standard InChI is InChI=1S/C11H9BrFN3O/c1-6-2-9(13)8(12)3-10(6)16-11(17)7-4-14-15-5-7/h2-5H,1H3,(H,14,15)(H,16,17). The van der Waals surface area contributed by atoms with Gasteiger partial charge in [-0.3, -0.25) is 9.89 Å². The van der Waals surface area contributed by atoms with Crippen molar-refractivity contribution in [3.05, 3.63) is 45.9 Å². The van der Waals surface area contributed by atoms with Gasteiger partial charge in [0.25, 0.3) is 5.91 Å². The zero-order valence-corrected chi connectivity index (χ0v) is 10.5. The molecule has 17 heavy (non-hydrogen) atoms. The lowest BCUT2D eigenvalue weighted by atomic mass is 10.2. The minimum Gasteiger partial charge on any atom is -0.322 e. The SMILES string of the molecule is Cc1cc(F)c(Br)cc1NC(=O)c1cn[nH]c1. The van der Waals surface area contributed by atoms with Crippen molar-refractivity contribution in [2.24, 2.45) is 0 Å². The van der Waals surface area contributed by atoms with Crippen LogP contribution in [0.3, 0.4) is 0 Å². The minimum absolute atomic E-state index is 0.291. The first-order valence-electron chi connectivity index (χ1n) is 4.83. The lowest BCUT2D eigenvalue weighted by Crippen LogP contribution is -2.12. The van der Waals surface area contributed by atoms with E-state index in [1.165, 1.54) is 24.5 Å². The molecule has 6 heteroatoms. The molecule has 0 aliphatic heterocycles. The van der Waals surface area contributed by atoms with E-state index < -0.39 is 0 Å². The molecule has 1 heterocycles. The van der Waals surface area contributed by atoms with Crippen molar-refractivity contribution in [1.82, 2.24) is 10.2 Å². The van der Waals surface area contributed by atoms with Gasteiger partial charge in [-0.05, 0) is 40.5 Å².